The third kappa shape index (κ3) is 4.38. The lowest BCUT2D eigenvalue weighted by Crippen LogP contribution is -2.62. The number of carbonyl (C=O) groups is 2. The van der Waals surface area contributed by atoms with E-state index in [1.807, 2.05) is 0 Å². The minimum Gasteiger partial charge on any atom is -0.361 e. The Kier molecular flexibility index (Phi) is 5.62. The number of rotatable bonds is 4. The molecule has 2 aliphatic rings. The molecular weight excluding hydrogens is 415 g/mol. The first-order chi connectivity index (χ1) is 13.4. The van der Waals surface area contributed by atoms with E-state index in [1.165, 1.54) is 12.1 Å². The van der Waals surface area contributed by atoms with Gasteiger partial charge in [0.2, 0.25) is 15.9 Å². The van der Waals surface area contributed by atoms with Crippen LogP contribution in [-0.4, -0.2) is 62.6 Å². The second-order valence-electron chi connectivity index (χ2n) is 7.01. The Morgan fingerprint density at radius 2 is 2.00 bits per heavy atom. The summed E-state index contributed by atoms with van der Waals surface area (Å²) in [6.07, 6.45) is -3.48. The number of nitrogens with one attached hydrogen (secondary N) is 2. The van der Waals surface area contributed by atoms with Gasteiger partial charge in [0.25, 0.3) is 5.91 Å². The molecule has 1 spiro atoms. The standard InChI is InChI=1S/C17H20F3N3O5S/c1-29(26,27)23-9-13(16(10-23)15(25)21-6-7-28-16)14(24)22-8-11-2-4-12(5-3-11)17(18,19)20/h2-5,13H,6-10H2,1H3,(H,21,25)(H,22,24)/t13-,16-/m1/s1. The number of alkyl halides is 3. The summed E-state index contributed by atoms with van der Waals surface area (Å²) in [4.78, 5) is 25.2. The Labute approximate surface area is 165 Å². The molecule has 1 aromatic carbocycles. The van der Waals surface area contributed by atoms with Gasteiger partial charge in [0.1, 0.15) is 0 Å². The number of benzene rings is 1. The molecule has 0 aromatic heterocycles. The van der Waals surface area contributed by atoms with Crippen molar-refractivity contribution in [3.05, 3.63) is 35.4 Å². The first-order valence-corrected chi connectivity index (χ1v) is 10.6. The van der Waals surface area contributed by atoms with Gasteiger partial charge in [-0.15, -0.1) is 0 Å². The van der Waals surface area contributed by atoms with Crippen molar-refractivity contribution in [1.29, 1.82) is 0 Å². The van der Waals surface area contributed by atoms with Crippen LogP contribution < -0.4 is 10.6 Å². The minimum atomic E-state index is -4.46. The summed E-state index contributed by atoms with van der Waals surface area (Å²) in [5.41, 5.74) is -2.02. The molecule has 1 aromatic rings. The number of nitrogens with zero attached hydrogens (tertiary/aromatic N) is 1. The van der Waals surface area contributed by atoms with Crippen LogP contribution in [0.5, 0.6) is 0 Å². The van der Waals surface area contributed by atoms with Crippen LogP contribution in [-0.2, 0) is 37.1 Å². The van der Waals surface area contributed by atoms with Gasteiger partial charge in [-0.3, -0.25) is 9.59 Å². The molecule has 29 heavy (non-hydrogen) atoms. The number of hydrogen-bond acceptors (Lipinski definition) is 5. The molecule has 160 valence electrons. The van der Waals surface area contributed by atoms with Crippen molar-refractivity contribution >= 4 is 21.8 Å². The van der Waals surface area contributed by atoms with Gasteiger partial charge in [-0.2, -0.15) is 17.5 Å². The topological polar surface area (TPSA) is 105 Å². The third-order valence-electron chi connectivity index (χ3n) is 5.03. The molecule has 0 unspecified atom stereocenters. The van der Waals surface area contributed by atoms with Gasteiger partial charge in [-0.1, -0.05) is 12.1 Å². The van der Waals surface area contributed by atoms with Gasteiger partial charge in [-0.25, -0.2) is 8.42 Å². The van der Waals surface area contributed by atoms with Crippen molar-refractivity contribution < 1.29 is 35.9 Å². The Morgan fingerprint density at radius 3 is 2.55 bits per heavy atom. The van der Waals surface area contributed by atoms with Crippen molar-refractivity contribution in [2.45, 2.75) is 18.3 Å². The van der Waals surface area contributed by atoms with Crippen molar-refractivity contribution in [3.8, 4) is 0 Å². The largest absolute Gasteiger partial charge is 0.416 e. The van der Waals surface area contributed by atoms with E-state index in [2.05, 4.69) is 10.6 Å². The Hall–Kier alpha value is -2.18. The van der Waals surface area contributed by atoms with Crippen LogP contribution in [0, 0.1) is 5.92 Å². The smallest absolute Gasteiger partial charge is 0.361 e. The molecule has 12 heteroatoms. The van der Waals surface area contributed by atoms with Crippen molar-refractivity contribution in [3.63, 3.8) is 0 Å². The maximum Gasteiger partial charge on any atom is 0.416 e. The van der Waals surface area contributed by atoms with Crippen molar-refractivity contribution in [2.75, 3.05) is 32.5 Å². The van der Waals surface area contributed by atoms with E-state index in [1.54, 1.807) is 0 Å². The fourth-order valence-corrected chi connectivity index (χ4v) is 4.29. The second-order valence-corrected chi connectivity index (χ2v) is 9.00. The molecule has 2 heterocycles. The highest BCUT2D eigenvalue weighted by molar-refractivity contribution is 7.88. The van der Waals surface area contributed by atoms with Crippen LogP contribution in [0.15, 0.2) is 24.3 Å². The lowest BCUT2D eigenvalue weighted by atomic mass is 9.87. The molecule has 3 rings (SSSR count). The molecule has 0 bridgehead atoms. The van der Waals surface area contributed by atoms with Gasteiger partial charge in [0.05, 0.1) is 30.9 Å². The lowest BCUT2D eigenvalue weighted by molar-refractivity contribution is -0.163. The molecule has 0 radical (unpaired) electrons. The van der Waals surface area contributed by atoms with Gasteiger partial charge < -0.3 is 15.4 Å². The summed E-state index contributed by atoms with van der Waals surface area (Å²) in [5, 5.41) is 5.16. The number of sulfonamides is 1. The predicted molar refractivity (Wildman–Crippen MR) is 94.9 cm³/mol. The maximum atomic E-state index is 12.8. The highest BCUT2D eigenvalue weighted by atomic mass is 32.2. The summed E-state index contributed by atoms with van der Waals surface area (Å²) < 4.78 is 68.4. The summed E-state index contributed by atoms with van der Waals surface area (Å²) >= 11 is 0. The quantitative estimate of drug-likeness (QED) is 0.698. The number of carbonyl (C=O) groups excluding carboxylic acids is 2. The van der Waals surface area contributed by atoms with Crippen LogP contribution in [0.4, 0.5) is 13.2 Å². The zero-order valence-corrected chi connectivity index (χ0v) is 16.3. The molecule has 2 aliphatic heterocycles. The number of halogens is 3. The van der Waals surface area contributed by atoms with E-state index >= 15 is 0 Å². The van der Waals surface area contributed by atoms with E-state index in [0.717, 1.165) is 22.7 Å². The Morgan fingerprint density at radius 1 is 1.34 bits per heavy atom. The van der Waals surface area contributed by atoms with Gasteiger partial charge in [0, 0.05) is 19.6 Å². The Balaban J connectivity index is 1.75. The summed E-state index contributed by atoms with van der Waals surface area (Å²) in [6.45, 7) is -0.212. The van der Waals surface area contributed by atoms with Crippen molar-refractivity contribution in [2.24, 2.45) is 5.92 Å². The SMILES string of the molecule is CS(=O)(=O)N1C[C@H](C(=O)NCc2ccc(C(F)(F)F)cc2)[C@@]2(C1)OCCNC2=O. The third-order valence-corrected chi connectivity index (χ3v) is 6.24. The number of morpholine rings is 1. The van der Waals surface area contributed by atoms with Crippen LogP contribution in [0.3, 0.4) is 0 Å². The first-order valence-electron chi connectivity index (χ1n) is 8.75. The monoisotopic (exact) mass is 435 g/mol. The van der Waals surface area contributed by atoms with Crippen LogP contribution in [0.2, 0.25) is 0 Å². The predicted octanol–water partition coefficient (Wildman–Crippen LogP) is 0.0982. The second kappa shape index (κ2) is 7.58. The zero-order chi connectivity index (χ0) is 21.4. The molecule has 2 atom stereocenters. The fourth-order valence-electron chi connectivity index (χ4n) is 3.45. The van der Waals surface area contributed by atoms with E-state index in [0.29, 0.717) is 5.56 Å². The van der Waals surface area contributed by atoms with E-state index < -0.39 is 45.1 Å². The van der Waals surface area contributed by atoms with Crippen molar-refractivity contribution in [1.82, 2.24) is 14.9 Å². The highest BCUT2D eigenvalue weighted by Gasteiger charge is 2.59. The highest BCUT2D eigenvalue weighted by Crippen LogP contribution is 2.35. The Bertz CT molecular complexity index is 904. The average molecular weight is 435 g/mol. The molecule has 0 saturated carbocycles. The summed E-state index contributed by atoms with van der Waals surface area (Å²) in [5.74, 6) is -2.27. The lowest BCUT2D eigenvalue weighted by Gasteiger charge is -2.36. The minimum absolute atomic E-state index is 0.0793. The van der Waals surface area contributed by atoms with Gasteiger partial charge >= 0.3 is 6.18 Å². The first kappa shape index (κ1) is 21.5. The van der Waals surface area contributed by atoms with Crippen LogP contribution in [0.1, 0.15) is 11.1 Å². The van der Waals surface area contributed by atoms with Gasteiger partial charge in [0.15, 0.2) is 5.60 Å². The number of amides is 2. The van der Waals surface area contributed by atoms with Crippen LogP contribution in [0.25, 0.3) is 0 Å². The molecule has 2 fully saturated rings. The van der Waals surface area contributed by atoms with E-state index in [-0.39, 0.29) is 32.8 Å². The summed E-state index contributed by atoms with van der Waals surface area (Å²) in [6, 6.07) is 4.28. The molecular formula is C17H20F3N3O5S. The zero-order valence-electron chi connectivity index (χ0n) is 15.5. The molecule has 8 nitrogen and oxygen atoms in total. The molecule has 2 saturated heterocycles. The maximum absolute atomic E-state index is 12.8. The summed E-state index contributed by atoms with van der Waals surface area (Å²) in [7, 11) is -3.67. The average Bonchev–Trinajstić information content (AvgIpc) is 3.03. The molecule has 2 amide bonds. The van der Waals surface area contributed by atoms with Gasteiger partial charge in [-0.05, 0) is 17.7 Å². The molecule has 0 aliphatic carbocycles. The fraction of sp³-hybridized carbons (Fsp3) is 0.529. The van der Waals surface area contributed by atoms with Crippen LogP contribution >= 0.6 is 0 Å². The molecule has 2 N–H and O–H groups in total. The number of hydrogen-bond donors (Lipinski definition) is 2. The van der Waals surface area contributed by atoms with E-state index in [4.69, 9.17) is 4.74 Å². The van der Waals surface area contributed by atoms with E-state index in [9.17, 15) is 31.2 Å². The normalized spacial score (nSPS) is 25.8. The number of ether oxygens (including phenoxy) is 1.